The lowest BCUT2D eigenvalue weighted by Crippen LogP contribution is -2.11. The van der Waals surface area contributed by atoms with Gasteiger partial charge < -0.3 is 5.32 Å². The van der Waals surface area contributed by atoms with Crippen LogP contribution >= 0.6 is 0 Å². The van der Waals surface area contributed by atoms with E-state index in [0.717, 1.165) is 16.8 Å². The number of rotatable bonds is 2. The first-order valence-corrected chi connectivity index (χ1v) is 4.41. The molecule has 0 aliphatic rings. The van der Waals surface area contributed by atoms with Crippen LogP contribution in [0.5, 0.6) is 0 Å². The molecular weight excluding hydrogens is 160 g/mol. The third-order valence-corrected chi connectivity index (χ3v) is 1.83. The lowest BCUT2D eigenvalue weighted by molar-refractivity contribution is 0.898. The largest absolute Gasteiger partial charge is 0.382 e. The Hall–Kier alpha value is -1.49. The van der Waals surface area contributed by atoms with E-state index in [2.05, 4.69) is 25.2 Å². The van der Waals surface area contributed by atoms with Gasteiger partial charge in [0.05, 0.1) is 11.3 Å². The molecule has 2 heteroatoms. The predicted molar refractivity (Wildman–Crippen MR) is 54.7 cm³/mol. The minimum absolute atomic E-state index is 0.355. The predicted octanol–water partition coefficient (Wildman–Crippen LogP) is 2.69. The highest BCUT2D eigenvalue weighted by Crippen LogP contribution is 2.18. The van der Waals surface area contributed by atoms with Crippen molar-refractivity contribution in [3.8, 4) is 6.07 Å². The quantitative estimate of drug-likeness (QED) is 0.748. The Labute approximate surface area is 79.2 Å². The van der Waals surface area contributed by atoms with Crippen molar-refractivity contribution in [2.75, 3.05) is 5.32 Å². The Bertz CT molecular complexity index is 334. The first-order chi connectivity index (χ1) is 6.15. The van der Waals surface area contributed by atoms with E-state index in [0.29, 0.717) is 6.04 Å². The summed E-state index contributed by atoms with van der Waals surface area (Å²) in [6, 6.07) is 8.41. The molecule has 0 heterocycles. The van der Waals surface area contributed by atoms with Crippen LogP contribution in [0, 0.1) is 18.3 Å². The second-order valence-corrected chi connectivity index (χ2v) is 3.41. The summed E-state index contributed by atoms with van der Waals surface area (Å²) in [5.41, 5.74) is 2.70. The zero-order valence-corrected chi connectivity index (χ0v) is 8.26. The van der Waals surface area contributed by atoms with Crippen LogP contribution in [0.15, 0.2) is 18.2 Å². The lowest BCUT2D eigenvalue weighted by Gasteiger charge is -2.12. The number of anilines is 1. The van der Waals surface area contributed by atoms with Crippen LogP contribution in [-0.2, 0) is 0 Å². The van der Waals surface area contributed by atoms with Gasteiger partial charge in [0.1, 0.15) is 6.07 Å². The van der Waals surface area contributed by atoms with Crippen LogP contribution < -0.4 is 5.32 Å². The van der Waals surface area contributed by atoms with E-state index in [-0.39, 0.29) is 0 Å². The molecule has 0 saturated carbocycles. The van der Waals surface area contributed by atoms with E-state index in [9.17, 15) is 0 Å². The second kappa shape index (κ2) is 3.95. The van der Waals surface area contributed by atoms with Gasteiger partial charge in [0.25, 0.3) is 0 Å². The standard InChI is InChI=1S/C11H14N2/c1-8(2)13-11-6-4-5-9(3)10(11)7-12/h4-6,8,13H,1-3H3. The Morgan fingerprint density at radius 1 is 1.38 bits per heavy atom. The summed E-state index contributed by atoms with van der Waals surface area (Å²) in [7, 11) is 0. The van der Waals surface area contributed by atoms with Crippen LogP contribution in [0.25, 0.3) is 0 Å². The maximum absolute atomic E-state index is 8.92. The third kappa shape index (κ3) is 2.22. The number of aryl methyl sites for hydroxylation is 1. The van der Waals surface area contributed by atoms with Gasteiger partial charge in [-0.3, -0.25) is 0 Å². The molecule has 0 saturated heterocycles. The maximum atomic E-state index is 8.92. The van der Waals surface area contributed by atoms with Crippen molar-refractivity contribution in [1.82, 2.24) is 0 Å². The van der Waals surface area contributed by atoms with Gasteiger partial charge in [-0.05, 0) is 32.4 Å². The Kier molecular flexibility index (Phi) is 2.92. The summed E-state index contributed by atoms with van der Waals surface area (Å²) in [5.74, 6) is 0. The highest BCUT2D eigenvalue weighted by molar-refractivity contribution is 5.60. The molecule has 1 N–H and O–H groups in total. The fraction of sp³-hybridized carbons (Fsp3) is 0.364. The molecule has 0 amide bonds. The number of hydrogen-bond acceptors (Lipinski definition) is 2. The summed E-state index contributed by atoms with van der Waals surface area (Å²) < 4.78 is 0. The van der Waals surface area contributed by atoms with E-state index in [1.165, 1.54) is 0 Å². The molecule has 0 aromatic heterocycles. The van der Waals surface area contributed by atoms with Crippen molar-refractivity contribution in [3.63, 3.8) is 0 Å². The summed E-state index contributed by atoms with van der Waals surface area (Å²) in [5, 5.41) is 12.2. The van der Waals surface area contributed by atoms with Crippen LogP contribution in [0.4, 0.5) is 5.69 Å². The SMILES string of the molecule is Cc1cccc(NC(C)C)c1C#N. The first-order valence-electron chi connectivity index (χ1n) is 4.41. The smallest absolute Gasteiger partial charge is 0.102 e. The average Bonchev–Trinajstić information content (AvgIpc) is 2.03. The van der Waals surface area contributed by atoms with Gasteiger partial charge in [-0.2, -0.15) is 5.26 Å². The molecule has 2 nitrogen and oxygen atoms in total. The van der Waals surface area contributed by atoms with Gasteiger partial charge in [0.15, 0.2) is 0 Å². The van der Waals surface area contributed by atoms with Gasteiger partial charge >= 0.3 is 0 Å². The maximum Gasteiger partial charge on any atom is 0.102 e. The van der Waals surface area contributed by atoms with E-state index >= 15 is 0 Å². The van der Waals surface area contributed by atoms with Crippen molar-refractivity contribution >= 4 is 5.69 Å². The highest BCUT2D eigenvalue weighted by atomic mass is 14.9. The monoisotopic (exact) mass is 174 g/mol. The topological polar surface area (TPSA) is 35.8 Å². The molecule has 13 heavy (non-hydrogen) atoms. The van der Waals surface area contributed by atoms with Gasteiger partial charge in [0, 0.05) is 6.04 Å². The molecule has 0 atom stereocenters. The Balaban J connectivity index is 3.07. The van der Waals surface area contributed by atoms with Gasteiger partial charge in [-0.25, -0.2) is 0 Å². The lowest BCUT2D eigenvalue weighted by atomic mass is 10.1. The van der Waals surface area contributed by atoms with Gasteiger partial charge in [-0.15, -0.1) is 0 Å². The van der Waals surface area contributed by atoms with Crippen LogP contribution in [0.3, 0.4) is 0 Å². The van der Waals surface area contributed by atoms with Crippen molar-refractivity contribution in [3.05, 3.63) is 29.3 Å². The molecular formula is C11H14N2. The van der Waals surface area contributed by atoms with E-state index in [1.54, 1.807) is 0 Å². The van der Waals surface area contributed by atoms with Crippen molar-refractivity contribution < 1.29 is 0 Å². The fourth-order valence-electron chi connectivity index (χ4n) is 1.25. The Morgan fingerprint density at radius 2 is 2.08 bits per heavy atom. The zero-order chi connectivity index (χ0) is 9.84. The van der Waals surface area contributed by atoms with Crippen molar-refractivity contribution in [2.24, 2.45) is 0 Å². The summed E-state index contributed by atoms with van der Waals surface area (Å²) in [6.07, 6.45) is 0. The molecule has 68 valence electrons. The van der Waals surface area contributed by atoms with Crippen LogP contribution in [0.2, 0.25) is 0 Å². The summed E-state index contributed by atoms with van der Waals surface area (Å²) in [6.45, 7) is 6.07. The molecule has 0 spiro atoms. The molecule has 0 bridgehead atoms. The molecule has 0 radical (unpaired) electrons. The van der Waals surface area contributed by atoms with Gasteiger partial charge in [0.2, 0.25) is 0 Å². The Morgan fingerprint density at radius 3 is 2.62 bits per heavy atom. The minimum Gasteiger partial charge on any atom is -0.382 e. The first kappa shape index (κ1) is 9.60. The van der Waals surface area contributed by atoms with E-state index < -0.39 is 0 Å². The van der Waals surface area contributed by atoms with Gasteiger partial charge in [-0.1, -0.05) is 12.1 Å². The minimum atomic E-state index is 0.355. The molecule has 1 rings (SSSR count). The molecule has 0 aliphatic carbocycles. The molecule has 0 unspecified atom stereocenters. The van der Waals surface area contributed by atoms with E-state index in [4.69, 9.17) is 5.26 Å². The number of hydrogen-bond donors (Lipinski definition) is 1. The van der Waals surface area contributed by atoms with Crippen molar-refractivity contribution in [2.45, 2.75) is 26.8 Å². The molecule has 0 aliphatic heterocycles. The molecule has 1 aromatic rings. The second-order valence-electron chi connectivity index (χ2n) is 3.41. The van der Waals surface area contributed by atoms with Crippen LogP contribution in [0.1, 0.15) is 25.0 Å². The third-order valence-electron chi connectivity index (χ3n) is 1.83. The normalized spacial score (nSPS) is 9.77. The average molecular weight is 174 g/mol. The van der Waals surface area contributed by atoms with Crippen LogP contribution in [-0.4, -0.2) is 6.04 Å². The number of nitrogens with zero attached hydrogens (tertiary/aromatic N) is 1. The summed E-state index contributed by atoms with van der Waals surface area (Å²) in [4.78, 5) is 0. The number of nitriles is 1. The highest BCUT2D eigenvalue weighted by Gasteiger charge is 2.04. The molecule has 1 aromatic carbocycles. The fourth-order valence-corrected chi connectivity index (χ4v) is 1.25. The molecule has 0 fully saturated rings. The van der Waals surface area contributed by atoms with E-state index in [1.807, 2.05) is 25.1 Å². The van der Waals surface area contributed by atoms with Crippen molar-refractivity contribution in [1.29, 1.82) is 5.26 Å². The number of benzene rings is 1. The zero-order valence-electron chi connectivity index (χ0n) is 8.26. The summed E-state index contributed by atoms with van der Waals surface area (Å²) >= 11 is 0. The number of nitrogens with one attached hydrogen (secondary N) is 1.